The molecule has 0 spiro atoms. The molecular weight excluding hydrogens is 124 g/mol. The minimum absolute atomic E-state index is 0.750. The number of halogens is 1. The predicted molar refractivity (Wildman–Crippen MR) is 25.0 cm³/mol. The lowest BCUT2D eigenvalue weighted by atomic mass is 11.3. The summed E-state index contributed by atoms with van der Waals surface area (Å²) in [5, 5.41) is 0. The second kappa shape index (κ2) is 21.0. The maximum atomic E-state index is 8.29. The van der Waals surface area contributed by atoms with E-state index in [9.17, 15) is 0 Å². The molecule has 0 fully saturated rings. The summed E-state index contributed by atoms with van der Waals surface area (Å²) in [6, 6.07) is 0. The average Bonchev–Trinajstić information content (AvgIpc) is 1.39. The first-order valence-corrected chi connectivity index (χ1v) is 2.06. The highest BCUT2D eigenvalue weighted by Gasteiger charge is 1.18. The van der Waals surface area contributed by atoms with Gasteiger partial charge in [-0.25, -0.2) is 0 Å². The van der Waals surface area contributed by atoms with Gasteiger partial charge in [-0.05, 0) is 5.54 Å². The topological polar surface area (TPSA) is 34.1 Å². The van der Waals surface area contributed by atoms with Crippen LogP contribution in [-0.4, -0.2) is 8.42 Å². The van der Waals surface area contributed by atoms with E-state index in [4.69, 9.17) is 20.0 Å². The molecule has 0 aromatic heterocycles. The Hall–Kier alpha value is -0.150. The third-order valence-electron chi connectivity index (χ3n) is 0. The van der Waals surface area contributed by atoms with E-state index in [2.05, 4.69) is 6.58 Å². The van der Waals surface area contributed by atoms with E-state index in [1.165, 1.54) is 5.54 Å². The van der Waals surface area contributed by atoms with Crippen molar-refractivity contribution in [2.24, 2.45) is 0 Å². The second-order valence-corrected chi connectivity index (χ2v) is 0.667. The summed E-state index contributed by atoms with van der Waals surface area (Å²) in [4.78, 5) is 0. The zero-order chi connectivity index (χ0) is 5.41. The van der Waals surface area contributed by atoms with Gasteiger partial charge in [0, 0.05) is 0 Å². The molecule has 0 aliphatic carbocycles. The molecule has 0 atom stereocenters. The SMILES string of the molecule is C=CCl.O=S=O. The van der Waals surface area contributed by atoms with Gasteiger partial charge in [-0.1, -0.05) is 18.2 Å². The Labute approximate surface area is 44.4 Å². The van der Waals surface area contributed by atoms with E-state index in [1.807, 2.05) is 0 Å². The first kappa shape index (κ1) is 9.28. The molecule has 0 heterocycles. The summed E-state index contributed by atoms with van der Waals surface area (Å²) >= 11 is 4.01. The van der Waals surface area contributed by atoms with E-state index in [0.717, 1.165) is 0 Å². The van der Waals surface area contributed by atoms with Crippen LogP contribution in [0.15, 0.2) is 12.1 Å². The molecule has 0 rings (SSSR count). The highest BCUT2D eigenvalue weighted by Crippen LogP contribution is 1.60. The quantitative estimate of drug-likeness (QED) is 0.479. The van der Waals surface area contributed by atoms with Crippen molar-refractivity contribution in [3.05, 3.63) is 12.1 Å². The number of hydrogen-bond donors (Lipinski definition) is 0. The Morgan fingerprint density at radius 1 is 1.67 bits per heavy atom. The van der Waals surface area contributed by atoms with Gasteiger partial charge < -0.3 is 0 Å². The van der Waals surface area contributed by atoms with Crippen LogP contribution in [-0.2, 0) is 11.6 Å². The Kier molecular flexibility index (Phi) is 32.5. The van der Waals surface area contributed by atoms with Crippen LogP contribution in [0.5, 0.6) is 0 Å². The molecule has 0 aliphatic heterocycles. The molecule has 0 radical (unpaired) electrons. The lowest BCUT2D eigenvalue weighted by molar-refractivity contribution is 0.630. The molecule has 0 aromatic carbocycles. The van der Waals surface area contributed by atoms with E-state index < -0.39 is 11.6 Å². The molecule has 0 saturated heterocycles. The van der Waals surface area contributed by atoms with Crippen molar-refractivity contribution >= 4 is 23.2 Å². The maximum Gasteiger partial charge on any atom is 0.335 e. The second-order valence-electron chi connectivity index (χ2n) is 0.222. The molecule has 0 aromatic rings. The molecule has 0 saturated carbocycles. The van der Waals surface area contributed by atoms with Crippen LogP contribution >= 0.6 is 11.6 Å². The fraction of sp³-hybridized carbons (Fsp3) is 0. The van der Waals surface area contributed by atoms with E-state index >= 15 is 0 Å². The summed E-state index contributed by atoms with van der Waals surface area (Å²) in [6.07, 6.45) is 0. The van der Waals surface area contributed by atoms with Crippen molar-refractivity contribution in [1.82, 2.24) is 0 Å². The molecule has 0 aliphatic rings. The van der Waals surface area contributed by atoms with Crippen LogP contribution in [0.3, 0.4) is 0 Å². The van der Waals surface area contributed by atoms with Gasteiger partial charge in [-0.2, -0.15) is 8.42 Å². The minimum atomic E-state index is -0.750. The summed E-state index contributed by atoms with van der Waals surface area (Å²) in [5.74, 6) is 0. The van der Waals surface area contributed by atoms with E-state index in [-0.39, 0.29) is 0 Å². The van der Waals surface area contributed by atoms with Crippen molar-refractivity contribution in [3.63, 3.8) is 0 Å². The lowest BCUT2D eigenvalue weighted by Gasteiger charge is -1.27. The number of rotatable bonds is 0. The minimum Gasteiger partial charge on any atom is -0.168 e. The average molecular weight is 127 g/mol. The molecular formula is C2H3ClO2S. The monoisotopic (exact) mass is 126 g/mol. The van der Waals surface area contributed by atoms with Crippen LogP contribution < -0.4 is 0 Å². The lowest BCUT2D eigenvalue weighted by Crippen LogP contribution is -1.18. The zero-order valence-corrected chi connectivity index (χ0v) is 4.46. The largest absolute Gasteiger partial charge is 0.335 e. The molecule has 4 heteroatoms. The van der Waals surface area contributed by atoms with Crippen LogP contribution in [0.2, 0.25) is 0 Å². The van der Waals surface area contributed by atoms with Gasteiger partial charge in [-0.3, -0.25) is 0 Å². The van der Waals surface area contributed by atoms with Gasteiger partial charge in [0.2, 0.25) is 0 Å². The van der Waals surface area contributed by atoms with Crippen LogP contribution in [0, 0.1) is 0 Å². The van der Waals surface area contributed by atoms with Gasteiger partial charge in [-0.15, -0.1) is 0 Å². The van der Waals surface area contributed by atoms with Crippen molar-refractivity contribution in [3.8, 4) is 0 Å². The highest BCUT2D eigenvalue weighted by molar-refractivity contribution is 7.51. The smallest absolute Gasteiger partial charge is 0.168 e. The Balaban J connectivity index is 0. The number of hydrogen-bond acceptors (Lipinski definition) is 2. The van der Waals surface area contributed by atoms with Crippen LogP contribution in [0.4, 0.5) is 0 Å². The standard InChI is InChI=1S/C2H3Cl.O2S/c1-2-3;1-3-2/h2H,1H2;. The molecule has 0 unspecified atom stereocenters. The van der Waals surface area contributed by atoms with E-state index in [1.54, 1.807) is 0 Å². The summed E-state index contributed by atoms with van der Waals surface area (Å²) < 4.78 is 16.6. The van der Waals surface area contributed by atoms with E-state index in [0.29, 0.717) is 0 Å². The van der Waals surface area contributed by atoms with Crippen molar-refractivity contribution in [1.29, 1.82) is 0 Å². The molecule has 0 N–H and O–H groups in total. The summed E-state index contributed by atoms with van der Waals surface area (Å²) in [5.41, 5.74) is 1.22. The van der Waals surface area contributed by atoms with Crippen LogP contribution in [0.1, 0.15) is 0 Å². The van der Waals surface area contributed by atoms with Gasteiger partial charge in [0.1, 0.15) is 0 Å². The third-order valence-corrected chi connectivity index (χ3v) is 0. The first-order chi connectivity index (χ1) is 2.83. The van der Waals surface area contributed by atoms with Crippen molar-refractivity contribution in [2.45, 2.75) is 0 Å². The highest BCUT2D eigenvalue weighted by atomic mass is 35.5. The van der Waals surface area contributed by atoms with Gasteiger partial charge >= 0.3 is 11.6 Å². The van der Waals surface area contributed by atoms with Crippen LogP contribution in [0.25, 0.3) is 0 Å². The molecule has 2 nitrogen and oxygen atoms in total. The molecule has 36 valence electrons. The normalized spacial score (nSPS) is 4.17. The van der Waals surface area contributed by atoms with Gasteiger partial charge in [0.05, 0.1) is 0 Å². The summed E-state index contributed by atoms with van der Waals surface area (Å²) in [7, 11) is 0. The van der Waals surface area contributed by atoms with Gasteiger partial charge in [0.25, 0.3) is 0 Å². The molecule has 6 heavy (non-hydrogen) atoms. The molecule has 0 bridgehead atoms. The van der Waals surface area contributed by atoms with Gasteiger partial charge in [0.15, 0.2) is 0 Å². The third kappa shape index (κ3) is 1390. The maximum absolute atomic E-state index is 8.29. The van der Waals surface area contributed by atoms with Crippen molar-refractivity contribution in [2.75, 3.05) is 0 Å². The zero-order valence-electron chi connectivity index (χ0n) is 2.89. The fourth-order valence-electron chi connectivity index (χ4n) is 0. The Bertz CT molecular complexity index is 56.6. The molecule has 0 amide bonds. The fourth-order valence-corrected chi connectivity index (χ4v) is 0. The Morgan fingerprint density at radius 3 is 1.67 bits per heavy atom. The predicted octanol–water partition coefficient (Wildman–Crippen LogP) is 0.699. The van der Waals surface area contributed by atoms with Crippen molar-refractivity contribution < 1.29 is 8.42 Å². The Morgan fingerprint density at radius 2 is 1.67 bits per heavy atom. The first-order valence-electron chi connectivity index (χ1n) is 0.960. The summed E-state index contributed by atoms with van der Waals surface area (Å²) in [6.45, 7) is 3.13.